The van der Waals surface area contributed by atoms with E-state index < -0.39 is 0 Å². The van der Waals surface area contributed by atoms with Crippen molar-refractivity contribution >= 4 is 28.6 Å². The molecule has 0 atom stereocenters. The van der Waals surface area contributed by atoms with Gasteiger partial charge in [0.25, 0.3) is 0 Å². The van der Waals surface area contributed by atoms with E-state index >= 15 is 0 Å². The summed E-state index contributed by atoms with van der Waals surface area (Å²) in [5.74, 6) is 0.210. The lowest BCUT2D eigenvalue weighted by Gasteiger charge is -2.16. The van der Waals surface area contributed by atoms with Crippen LogP contribution >= 0.6 is 11.3 Å². The Morgan fingerprint density at radius 3 is 2.58 bits per heavy atom. The van der Waals surface area contributed by atoms with Gasteiger partial charge in [0, 0.05) is 54.9 Å². The van der Waals surface area contributed by atoms with Crippen LogP contribution in [0.2, 0.25) is 0 Å². The largest absolute Gasteiger partial charge is 0.378 e. The van der Waals surface area contributed by atoms with Gasteiger partial charge in [-0.05, 0) is 42.8 Å². The van der Waals surface area contributed by atoms with E-state index in [4.69, 9.17) is 4.98 Å². The molecule has 4 rings (SSSR count). The lowest BCUT2D eigenvalue weighted by atomic mass is 10.1. The Morgan fingerprint density at radius 2 is 1.88 bits per heavy atom. The van der Waals surface area contributed by atoms with Crippen molar-refractivity contribution in [3.8, 4) is 21.8 Å². The molecule has 1 fully saturated rings. The molecule has 1 amide bonds. The molecule has 0 spiro atoms. The Kier molecular flexibility index (Phi) is 4.47. The van der Waals surface area contributed by atoms with Crippen molar-refractivity contribution in [3.63, 3.8) is 0 Å². The molecule has 0 bridgehead atoms. The third-order valence-electron chi connectivity index (χ3n) is 4.66. The number of hydrogen-bond donors (Lipinski definition) is 0. The van der Waals surface area contributed by atoms with E-state index in [2.05, 4.69) is 46.7 Å². The van der Waals surface area contributed by atoms with E-state index in [0.717, 1.165) is 40.5 Å². The first-order valence-corrected chi connectivity index (χ1v) is 9.64. The quantitative estimate of drug-likeness (QED) is 0.676. The van der Waals surface area contributed by atoms with E-state index in [9.17, 15) is 4.79 Å². The third kappa shape index (κ3) is 3.22. The number of rotatable bonds is 4. The molecule has 0 unspecified atom stereocenters. The van der Waals surface area contributed by atoms with Crippen molar-refractivity contribution in [3.05, 3.63) is 53.9 Å². The van der Waals surface area contributed by atoms with Crippen LogP contribution in [0.25, 0.3) is 21.8 Å². The minimum atomic E-state index is 0.210. The SMILES string of the molecule is CN(C)c1ccc(-c2nc(-c3cccc(N4CCCC4=O)c3)cs2)cc1. The van der Waals surface area contributed by atoms with Gasteiger partial charge in [-0.25, -0.2) is 4.98 Å². The third-order valence-corrected chi connectivity index (χ3v) is 5.55. The average Bonchev–Trinajstić information content (AvgIpc) is 3.31. The zero-order valence-corrected chi connectivity index (χ0v) is 15.8. The molecular weight excluding hydrogens is 342 g/mol. The molecule has 0 aliphatic carbocycles. The molecule has 132 valence electrons. The molecule has 3 aromatic rings. The fourth-order valence-corrected chi connectivity index (χ4v) is 4.03. The lowest BCUT2D eigenvalue weighted by molar-refractivity contribution is -0.117. The number of carbonyl (C=O) groups is 1. The van der Waals surface area contributed by atoms with Gasteiger partial charge in [0.05, 0.1) is 5.69 Å². The molecule has 0 N–H and O–H groups in total. The summed E-state index contributed by atoms with van der Waals surface area (Å²) in [5, 5.41) is 3.09. The molecule has 0 radical (unpaired) electrons. The van der Waals surface area contributed by atoms with Gasteiger partial charge in [-0.3, -0.25) is 4.79 Å². The fourth-order valence-electron chi connectivity index (χ4n) is 3.20. The minimum Gasteiger partial charge on any atom is -0.378 e. The molecule has 1 aromatic heterocycles. The maximum absolute atomic E-state index is 12.0. The predicted molar refractivity (Wildman–Crippen MR) is 109 cm³/mol. The van der Waals surface area contributed by atoms with Gasteiger partial charge >= 0.3 is 0 Å². The van der Waals surface area contributed by atoms with Crippen LogP contribution in [0.5, 0.6) is 0 Å². The van der Waals surface area contributed by atoms with Crippen LogP contribution in [0.4, 0.5) is 11.4 Å². The van der Waals surface area contributed by atoms with Gasteiger partial charge in [0.1, 0.15) is 5.01 Å². The highest BCUT2D eigenvalue weighted by atomic mass is 32.1. The molecule has 1 aliphatic heterocycles. The van der Waals surface area contributed by atoms with Crippen molar-refractivity contribution in [2.75, 3.05) is 30.4 Å². The zero-order valence-electron chi connectivity index (χ0n) is 15.0. The standard InChI is InChI=1S/C21H21N3OS/c1-23(2)17-10-8-15(9-11-17)21-22-19(14-26-21)16-5-3-6-18(13-16)24-12-4-7-20(24)25/h3,5-6,8-11,13-14H,4,7,12H2,1-2H3. The highest BCUT2D eigenvalue weighted by Crippen LogP contribution is 2.32. The van der Waals surface area contributed by atoms with Crippen molar-refractivity contribution in [1.29, 1.82) is 0 Å². The van der Waals surface area contributed by atoms with Gasteiger partial charge in [0.2, 0.25) is 5.91 Å². The maximum Gasteiger partial charge on any atom is 0.227 e. The highest BCUT2D eigenvalue weighted by molar-refractivity contribution is 7.13. The van der Waals surface area contributed by atoms with Crippen molar-refractivity contribution in [2.45, 2.75) is 12.8 Å². The first kappa shape index (κ1) is 16.8. The van der Waals surface area contributed by atoms with Crippen molar-refractivity contribution < 1.29 is 4.79 Å². The van der Waals surface area contributed by atoms with E-state index in [1.807, 2.05) is 31.1 Å². The monoisotopic (exact) mass is 363 g/mol. The maximum atomic E-state index is 12.0. The average molecular weight is 363 g/mol. The summed E-state index contributed by atoms with van der Waals surface area (Å²) < 4.78 is 0. The Balaban J connectivity index is 1.61. The van der Waals surface area contributed by atoms with Crippen LogP contribution in [0.3, 0.4) is 0 Å². The minimum absolute atomic E-state index is 0.210. The molecule has 1 aliphatic rings. The van der Waals surface area contributed by atoms with Crippen LogP contribution in [0.1, 0.15) is 12.8 Å². The fraction of sp³-hybridized carbons (Fsp3) is 0.238. The summed E-state index contributed by atoms with van der Waals surface area (Å²) >= 11 is 1.65. The second kappa shape index (κ2) is 6.92. The number of carbonyl (C=O) groups excluding carboxylic acids is 1. The van der Waals surface area contributed by atoms with E-state index in [1.54, 1.807) is 11.3 Å². The Morgan fingerprint density at radius 1 is 1.08 bits per heavy atom. The number of benzene rings is 2. The number of amides is 1. The number of thiazole rings is 1. The van der Waals surface area contributed by atoms with E-state index in [1.165, 1.54) is 5.69 Å². The van der Waals surface area contributed by atoms with Crippen LogP contribution in [-0.4, -0.2) is 31.5 Å². The Bertz CT molecular complexity index is 930. The molecule has 5 heteroatoms. The number of hydrogen-bond acceptors (Lipinski definition) is 4. The summed E-state index contributed by atoms with van der Waals surface area (Å²) in [4.78, 5) is 20.8. The number of aromatic nitrogens is 1. The van der Waals surface area contributed by atoms with E-state index in [0.29, 0.717) is 6.42 Å². The highest BCUT2D eigenvalue weighted by Gasteiger charge is 2.22. The van der Waals surface area contributed by atoms with Gasteiger partial charge < -0.3 is 9.80 Å². The molecule has 4 nitrogen and oxygen atoms in total. The summed E-state index contributed by atoms with van der Waals surface area (Å²) in [6.45, 7) is 0.808. The second-order valence-corrected chi connectivity index (χ2v) is 7.54. The van der Waals surface area contributed by atoms with Gasteiger partial charge in [-0.1, -0.05) is 12.1 Å². The molecule has 0 saturated carbocycles. The molecule has 2 aromatic carbocycles. The van der Waals surface area contributed by atoms with Crippen LogP contribution in [-0.2, 0) is 4.79 Å². The smallest absolute Gasteiger partial charge is 0.227 e. The topological polar surface area (TPSA) is 36.4 Å². The zero-order chi connectivity index (χ0) is 18.1. The Hall–Kier alpha value is -2.66. The van der Waals surface area contributed by atoms with Crippen LogP contribution < -0.4 is 9.80 Å². The summed E-state index contributed by atoms with van der Waals surface area (Å²) in [6, 6.07) is 16.6. The number of anilines is 2. The Labute approximate surface area is 157 Å². The predicted octanol–water partition coefficient (Wildman–Crippen LogP) is 4.67. The lowest BCUT2D eigenvalue weighted by Crippen LogP contribution is -2.23. The first-order valence-electron chi connectivity index (χ1n) is 8.76. The molecule has 2 heterocycles. The van der Waals surface area contributed by atoms with Crippen LogP contribution in [0.15, 0.2) is 53.9 Å². The molecule has 26 heavy (non-hydrogen) atoms. The van der Waals surface area contributed by atoms with Gasteiger partial charge in [-0.2, -0.15) is 0 Å². The summed E-state index contributed by atoms with van der Waals surface area (Å²) in [5.41, 5.74) is 5.27. The second-order valence-electron chi connectivity index (χ2n) is 6.68. The summed E-state index contributed by atoms with van der Waals surface area (Å²) in [6.07, 6.45) is 1.58. The first-order chi connectivity index (χ1) is 12.6. The van der Waals surface area contributed by atoms with Gasteiger partial charge in [0.15, 0.2) is 0 Å². The van der Waals surface area contributed by atoms with Crippen molar-refractivity contribution in [2.24, 2.45) is 0 Å². The number of nitrogens with zero attached hydrogens (tertiary/aromatic N) is 3. The van der Waals surface area contributed by atoms with Crippen LogP contribution in [0, 0.1) is 0 Å². The summed E-state index contributed by atoms with van der Waals surface area (Å²) in [7, 11) is 4.07. The molecule has 1 saturated heterocycles. The molecular formula is C21H21N3OS. The normalized spacial score (nSPS) is 14.1. The van der Waals surface area contributed by atoms with Crippen molar-refractivity contribution in [1.82, 2.24) is 4.98 Å². The van der Waals surface area contributed by atoms with E-state index in [-0.39, 0.29) is 5.91 Å². The van der Waals surface area contributed by atoms with Gasteiger partial charge in [-0.15, -0.1) is 11.3 Å².